The molecule has 0 aliphatic carbocycles. The summed E-state index contributed by atoms with van der Waals surface area (Å²) in [6, 6.07) is 20.6. The van der Waals surface area contributed by atoms with Gasteiger partial charge in [-0.1, -0.05) is 48.0 Å². The van der Waals surface area contributed by atoms with Gasteiger partial charge in [-0.15, -0.1) is 0 Å². The molecule has 1 aliphatic rings. The lowest BCUT2D eigenvalue weighted by Crippen LogP contribution is -2.53. The number of ether oxygens (including phenoxy) is 2. The molecule has 1 aliphatic heterocycles. The molecule has 1 atom stereocenters. The molecule has 0 saturated carbocycles. The predicted octanol–water partition coefficient (Wildman–Crippen LogP) is 2.82. The van der Waals surface area contributed by atoms with Gasteiger partial charge in [0.25, 0.3) is 26.0 Å². The number of sulfonamides is 2. The Morgan fingerprint density at radius 2 is 1.56 bits per heavy atom. The summed E-state index contributed by atoms with van der Waals surface area (Å²) in [5.74, 6) is -0.408. The zero-order valence-corrected chi connectivity index (χ0v) is 21.4. The zero-order chi connectivity index (χ0) is 25.9. The van der Waals surface area contributed by atoms with Gasteiger partial charge in [0.15, 0.2) is 0 Å². The van der Waals surface area contributed by atoms with Crippen molar-refractivity contribution in [2.24, 2.45) is 0 Å². The van der Waals surface area contributed by atoms with Crippen LogP contribution in [0.4, 0.5) is 5.69 Å². The van der Waals surface area contributed by atoms with E-state index in [0.29, 0.717) is 5.75 Å². The lowest BCUT2D eigenvalue weighted by Gasteiger charge is -2.35. The largest absolute Gasteiger partial charge is 0.495 e. The summed E-state index contributed by atoms with van der Waals surface area (Å²) in [6.45, 7) is 0.739. The second kappa shape index (κ2) is 10.3. The summed E-state index contributed by atoms with van der Waals surface area (Å²) in [5.41, 5.74) is 1.14. The monoisotopic (exact) mass is 530 g/mol. The van der Waals surface area contributed by atoms with Crippen LogP contribution in [0.3, 0.4) is 0 Å². The van der Waals surface area contributed by atoms with Gasteiger partial charge < -0.3 is 9.47 Å². The number of nitrogens with zero attached hydrogens (tertiary/aromatic N) is 2. The molecule has 1 fully saturated rings. The molecule has 1 unspecified atom stereocenters. The smallest absolute Gasteiger partial charge is 0.266 e. The minimum absolute atomic E-state index is 0.0272. The number of rotatable bonds is 8. The van der Waals surface area contributed by atoms with Crippen molar-refractivity contribution >= 4 is 31.6 Å². The van der Waals surface area contributed by atoms with Crippen LogP contribution in [0.5, 0.6) is 5.75 Å². The number of amides is 1. The summed E-state index contributed by atoms with van der Waals surface area (Å²) >= 11 is 0. The van der Waals surface area contributed by atoms with E-state index >= 15 is 0 Å². The van der Waals surface area contributed by atoms with E-state index in [0.717, 1.165) is 14.2 Å². The maximum Gasteiger partial charge on any atom is 0.266 e. The molecule has 1 heterocycles. The molecule has 0 spiro atoms. The van der Waals surface area contributed by atoms with Crippen LogP contribution in [-0.4, -0.2) is 60.0 Å². The van der Waals surface area contributed by atoms with E-state index < -0.39 is 38.7 Å². The van der Waals surface area contributed by atoms with Crippen LogP contribution in [0, 0.1) is 6.92 Å². The van der Waals surface area contributed by atoms with Crippen LogP contribution in [-0.2, 0) is 29.6 Å². The number of hydrogen-bond donors (Lipinski definition) is 0. The van der Waals surface area contributed by atoms with E-state index in [2.05, 4.69) is 0 Å². The normalized spacial score (nSPS) is 16.6. The van der Waals surface area contributed by atoms with Crippen molar-refractivity contribution in [3.8, 4) is 5.75 Å². The molecule has 0 radical (unpaired) electrons. The summed E-state index contributed by atoms with van der Waals surface area (Å²) in [7, 11) is -6.81. The van der Waals surface area contributed by atoms with Crippen LogP contribution >= 0.6 is 0 Å². The van der Waals surface area contributed by atoms with Gasteiger partial charge in [0, 0.05) is 0 Å². The highest BCUT2D eigenvalue weighted by Crippen LogP contribution is 2.33. The minimum atomic E-state index is -4.15. The first-order chi connectivity index (χ1) is 17.1. The molecule has 3 aromatic rings. The number of carbonyl (C=O) groups excluding carboxylic acids is 1. The van der Waals surface area contributed by atoms with Crippen molar-refractivity contribution in [3.05, 3.63) is 84.4 Å². The third-order valence-corrected chi connectivity index (χ3v) is 9.35. The molecule has 36 heavy (non-hydrogen) atoms. The van der Waals surface area contributed by atoms with Gasteiger partial charge in [-0.05, 0) is 43.3 Å². The molecular formula is C25H26N2O7S2. The summed E-state index contributed by atoms with van der Waals surface area (Å²) < 4.78 is 66.7. The lowest BCUT2D eigenvalue weighted by molar-refractivity contribution is -0.140. The van der Waals surface area contributed by atoms with Crippen molar-refractivity contribution in [2.45, 2.75) is 22.8 Å². The van der Waals surface area contributed by atoms with Crippen LogP contribution < -0.4 is 9.04 Å². The van der Waals surface area contributed by atoms with Gasteiger partial charge in [0.2, 0.25) is 0 Å². The molecule has 0 N–H and O–H groups in total. The van der Waals surface area contributed by atoms with Crippen LogP contribution in [0.2, 0.25) is 0 Å². The van der Waals surface area contributed by atoms with Crippen molar-refractivity contribution in [2.75, 3.05) is 31.1 Å². The van der Waals surface area contributed by atoms with Crippen molar-refractivity contribution in [1.29, 1.82) is 0 Å². The summed E-state index contributed by atoms with van der Waals surface area (Å²) in [5, 5.41) is 0. The van der Waals surface area contributed by atoms with Crippen molar-refractivity contribution in [3.63, 3.8) is 0 Å². The van der Waals surface area contributed by atoms with Gasteiger partial charge >= 0.3 is 0 Å². The van der Waals surface area contributed by atoms with Gasteiger partial charge in [0.05, 0.1) is 41.8 Å². The maximum atomic E-state index is 13.7. The fourth-order valence-corrected chi connectivity index (χ4v) is 6.79. The van der Waals surface area contributed by atoms with Crippen LogP contribution in [0.15, 0.2) is 88.7 Å². The predicted molar refractivity (Wildman–Crippen MR) is 134 cm³/mol. The highest BCUT2D eigenvalue weighted by Gasteiger charge is 2.38. The van der Waals surface area contributed by atoms with E-state index in [1.165, 1.54) is 31.4 Å². The number of para-hydroxylation sites is 2. The van der Waals surface area contributed by atoms with Crippen LogP contribution in [0.25, 0.3) is 0 Å². The number of hydrogen-bond acceptors (Lipinski definition) is 7. The fraction of sp³-hybridized carbons (Fsp3) is 0.240. The van der Waals surface area contributed by atoms with Gasteiger partial charge in [-0.2, -0.15) is 0 Å². The average molecular weight is 531 g/mol. The Bertz CT molecular complexity index is 1440. The number of aryl methyl sites for hydroxylation is 1. The van der Waals surface area contributed by atoms with Gasteiger partial charge in [-0.25, -0.2) is 21.1 Å². The molecule has 1 saturated heterocycles. The van der Waals surface area contributed by atoms with E-state index in [1.54, 1.807) is 54.6 Å². The standard InChI is InChI=1S/C25H26N2O7S2/c1-19-12-14-22(15-13-19)36(31,32)27-17-20(34-18-25(27)28)16-26(23-10-6-7-11-24(23)33-2)35(29,30)21-8-4-3-5-9-21/h3-15,20H,16-18H2,1-2H3. The van der Waals surface area contributed by atoms with E-state index in [4.69, 9.17) is 9.47 Å². The Hall–Kier alpha value is -3.41. The van der Waals surface area contributed by atoms with Crippen molar-refractivity contribution < 1.29 is 31.1 Å². The molecule has 3 aromatic carbocycles. The third kappa shape index (κ3) is 5.08. The number of anilines is 1. The molecular weight excluding hydrogens is 504 g/mol. The SMILES string of the molecule is COc1ccccc1N(CC1CN(S(=O)(=O)c2ccc(C)cc2)C(=O)CO1)S(=O)(=O)c1ccccc1. The first kappa shape index (κ1) is 25.7. The van der Waals surface area contributed by atoms with Crippen LogP contribution in [0.1, 0.15) is 5.56 Å². The second-order valence-electron chi connectivity index (χ2n) is 8.20. The van der Waals surface area contributed by atoms with E-state index in [1.807, 2.05) is 6.92 Å². The molecule has 11 heteroatoms. The Balaban J connectivity index is 1.69. The third-order valence-electron chi connectivity index (χ3n) is 5.75. The molecule has 1 amide bonds. The van der Waals surface area contributed by atoms with E-state index in [9.17, 15) is 21.6 Å². The van der Waals surface area contributed by atoms with Gasteiger partial charge in [-0.3, -0.25) is 9.10 Å². The zero-order valence-electron chi connectivity index (χ0n) is 19.8. The topological polar surface area (TPSA) is 110 Å². The number of carbonyl (C=O) groups is 1. The highest BCUT2D eigenvalue weighted by atomic mass is 32.2. The fourth-order valence-electron chi connectivity index (χ4n) is 3.85. The Labute approximate surface area is 211 Å². The maximum absolute atomic E-state index is 13.7. The Morgan fingerprint density at radius 1 is 0.917 bits per heavy atom. The quantitative estimate of drug-likeness (QED) is 0.440. The second-order valence-corrected chi connectivity index (χ2v) is 11.9. The summed E-state index contributed by atoms with van der Waals surface area (Å²) in [4.78, 5) is 12.6. The number of morpholine rings is 1. The molecule has 4 rings (SSSR count). The van der Waals surface area contributed by atoms with E-state index in [-0.39, 0.29) is 28.6 Å². The van der Waals surface area contributed by atoms with Gasteiger partial charge in [0.1, 0.15) is 12.4 Å². The van der Waals surface area contributed by atoms with Crippen molar-refractivity contribution in [1.82, 2.24) is 4.31 Å². The molecule has 9 nitrogen and oxygen atoms in total. The Kier molecular flexibility index (Phi) is 7.34. The highest BCUT2D eigenvalue weighted by molar-refractivity contribution is 7.92. The number of benzene rings is 3. The lowest BCUT2D eigenvalue weighted by atomic mass is 10.2. The first-order valence-electron chi connectivity index (χ1n) is 11.1. The minimum Gasteiger partial charge on any atom is -0.495 e. The molecule has 0 aromatic heterocycles. The average Bonchev–Trinajstić information content (AvgIpc) is 2.88. The molecule has 0 bridgehead atoms. The number of methoxy groups -OCH3 is 1. The molecule has 190 valence electrons. The first-order valence-corrected chi connectivity index (χ1v) is 14.0. The summed E-state index contributed by atoms with van der Waals surface area (Å²) in [6.07, 6.45) is -0.925. The Morgan fingerprint density at radius 3 is 2.22 bits per heavy atom.